The molecular weight excluding hydrogens is 488 g/mol. The molecule has 0 aliphatic heterocycles. The molecule has 0 bridgehead atoms. The number of carbonyl (C=O) groups is 4. The predicted molar refractivity (Wildman–Crippen MR) is 140 cm³/mol. The number of carbonyl (C=O) groups excluding carboxylic acids is 3. The standard InChI is InChI=1S/C28H26N4O6/c33-24(31-22(15-26(34)35)21-11-10-19-8-4-5-9-20(19)14-21)17-29-27(36)23-12-13-25(38-23)32-28(37)30-16-18-6-2-1-3-7-18/h1-14,22H,15-17H2,(H,29,36)(H,31,33)(H,34,35)(H2,30,32,37). The van der Waals surface area contributed by atoms with E-state index in [1.54, 1.807) is 6.07 Å². The number of aliphatic carboxylic acids is 1. The number of furan rings is 1. The highest BCUT2D eigenvalue weighted by atomic mass is 16.4. The number of benzene rings is 3. The second-order valence-electron chi connectivity index (χ2n) is 8.46. The minimum absolute atomic E-state index is 0.0583. The van der Waals surface area contributed by atoms with Crippen molar-refractivity contribution < 1.29 is 28.7 Å². The summed E-state index contributed by atoms with van der Waals surface area (Å²) >= 11 is 0. The van der Waals surface area contributed by atoms with Crippen molar-refractivity contribution in [2.75, 3.05) is 11.9 Å². The second-order valence-corrected chi connectivity index (χ2v) is 8.46. The zero-order valence-electron chi connectivity index (χ0n) is 20.3. The molecule has 3 aromatic carbocycles. The fourth-order valence-electron chi connectivity index (χ4n) is 3.81. The number of carboxylic acid groups (broad SMARTS) is 1. The van der Waals surface area contributed by atoms with Crippen LogP contribution in [0.25, 0.3) is 10.8 Å². The van der Waals surface area contributed by atoms with Gasteiger partial charge in [-0.05, 0) is 34.0 Å². The van der Waals surface area contributed by atoms with Crippen LogP contribution in [0, 0.1) is 0 Å². The fourth-order valence-corrected chi connectivity index (χ4v) is 3.81. The highest BCUT2D eigenvalue weighted by Crippen LogP contribution is 2.22. The molecular formula is C28H26N4O6. The molecule has 194 valence electrons. The van der Waals surface area contributed by atoms with E-state index < -0.39 is 36.4 Å². The van der Waals surface area contributed by atoms with Crippen molar-refractivity contribution in [1.82, 2.24) is 16.0 Å². The highest BCUT2D eigenvalue weighted by Gasteiger charge is 2.20. The molecule has 1 unspecified atom stereocenters. The molecule has 0 saturated heterocycles. The van der Waals surface area contributed by atoms with Crippen molar-refractivity contribution >= 4 is 40.5 Å². The molecule has 0 aliphatic rings. The maximum absolute atomic E-state index is 12.5. The van der Waals surface area contributed by atoms with Gasteiger partial charge in [-0.1, -0.05) is 66.7 Å². The molecule has 1 heterocycles. The average molecular weight is 515 g/mol. The van der Waals surface area contributed by atoms with E-state index in [1.807, 2.05) is 66.7 Å². The third-order valence-electron chi connectivity index (χ3n) is 5.66. The Morgan fingerprint density at radius 3 is 2.32 bits per heavy atom. The molecule has 0 spiro atoms. The summed E-state index contributed by atoms with van der Waals surface area (Å²) in [5, 5.41) is 21.5. The van der Waals surface area contributed by atoms with Gasteiger partial charge in [-0.2, -0.15) is 0 Å². The van der Waals surface area contributed by atoms with Gasteiger partial charge in [-0.15, -0.1) is 0 Å². The van der Waals surface area contributed by atoms with Crippen LogP contribution in [0.15, 0.2) is 89.3 Å². The Labute approximate surface area is 218 Å². The SMILES string of the molecule is O=C(O)CC(NC(=O)CNC(=O)c1ccc(NC(=O)NCc2ccccc2)o1)c1ccc2ccccc2c1. The van der Waals surface area contributed by atoms with Gasteiger partial charge in [-0.25, -0.2) is 4.79 Å². The maximum atomic E-state index is 12.5. The smallest absolute Gasteiger partial charge is 0.321 e. The first-order chi connectivity index (χ1) is 18.4. The molecule has 1 aromatic heterocycles. The Bertz CT molecular complexity index is 1450. The molecule has 38 heavy (non-hydrogen) atoms. The first kappa shape index (κ1) is 26.0. The Balaban J connectivity index is 1.29. The number of anilines is 1. The van der Waals surface area contributed by atoms with Crippen LogP contribution in [0.1, 0.15) is 34.1 Å². The Morgan fingerprint density at radius 2 is 1.55 bits per heavy atom. The molecule has 0 saturated carbocycles. The Morgan fingerprint density at radius 1 is 0.816 bits per heavy atom. The number of carboxylic acids is 1. The summed E-state index contributed by atoms with van der Waals surface area (Å²) in [6.45, 7) is -0.0819. The van der Waals surface area contributed by atoms with Gasteiger partial charge >= 0.3 is 12.0 Å². The number of amides is 4. The summed E-state index contributed by atoms with van der Waals surface area (Å²) in [5.74, 6) is -2.35. The third-order valence-corrected chi connectivity index (χ3v) is 5.66. The number of rotatable bonds is 10. The second kappa shape index (κ2) is 12.2. The summed E-state index contributed by atoms with van der Waals surface area (Å²) in [5.41, 5.74) is 1.56. The predicted octanol–water partition coefficient (Wildman–Crippen LogP) is 3.82. The van der Waals surface area contributed by atoms with Crippen LogP contribution < -0.4 is 21.3 Å². The van der Waals surface area contributed by atoms with E-state index in [4.69, 9.17) is 4.42 Å². The number of hydrogen-bond donors (Lipinski definition) is 5. The van der Waals surface area contributed by atoms with Crippen LogP contribution in [0.3, 0.4) is 0 Å². The molecule has 10 heteroatoms. The van der Waals surface area contributed by atoms with Gasteiger partial charge in [0.2, 0.25) is 11.8 Å². The molecule has 0 radical (unpaired) electrons. The molecule has 4 aromatic rings. The Kier molecular flexibility index (Phi) is 8.35. The van der Waals surface area contributed by atoms with E-state index in [0.717, 1.165) is 16.3 Å². The number of nitrogens with one attached hydrogen (secondary N) is 4. The van der Waals surface area contributed by atoms with E-state index in [-0.39, 0.29) is 18.1 Å². The molecule has 5 N–H and O–H groups in total. The van der Waals surface area contributed by atoms with Crippen LogP contribution in [-0.2, 0) is 16.1 Å². The summed E-state index contributed by atoms with van der Waals surface area (Å²) < 4.78 is 5.35. The van der Waals surface area contributed by atoms with Crippen LogP contribution >= 0.6 is 0 Å². The first-order valence-corrected chi connectivity index (χ1v) is 11.8. The summed E-state index contributed by atoms with van der Waals surface area (Å²) in [4.78, 5) is 48.4. The van der Waals surface area contributed by atoms with E-state index in [0.29, 0.717) is 12.1 Å². The lowest BCUT2D eigenvalue weighted by Gasteiger charge is -2.18. The molecule has 4 amide bonds. The van der Waals surface area contributed by atoms with E-state index in [9.17, 15) is 24.3 Å². The molecule has 4 rings (SSSR count). The van der Waals surface area contributed by atoms with E-state index >= 15 is 0 Å². The topological polar surface area (TPSA) is 150 Å². The van der Waals surface area contributed by atoms with Gasteiger partial charge in [0.05, 0.1) is 19.0 Å². The van der Waals surface area contributed by atoms with Crippen molar-refractivity contribution in [1.29, 1.82) is 0 Å². The van der Waals surface area contributed by atoms with Gasteiger partial charge in [0.15, 0.2) is 5.76 Å². The van der Waals surface area contributed by atoms with Crippen molar-refractivity contribution in [3.8, 4) is 0 Å². The summed E-state index contributed by atoms with van der Waals surface area (Å²) in [6, 6.07) is 23.9. The maximum Gasteiger partial charge on any atom is 0.321 e. The zero-order chi connectivity index (χ0) is 26.9. The number of hydrogen-bond acceptors (Lipinski definition) is 5. The van der Waals surface area contributed by atoms with Gasteiger partial charge in [0.25, 0.3) is 5.91 Å². The number of fused-ring (bicyclic) bond motifs is 1. The fraction of sp³-hybridized carbons (Fsp3) is 0.143. The van der Waals surface area contributed by atoms with Crippen LogP contribution in [-0.4, -0.2) is 35.5 Å². The van der Waals surface area contributed by atoms with Crippen molar-refractivity contribution in [3.05, 3.63) is 102 Å². The van der Waals surface area contributed by atoms with Gasteiger partial charge in [0, 0.05) is 12.6 Å². The van der Waals surface area contributed by atoms with Crippen LogP contribution in [0.5, 0.6) is 0 Å². The van der Waals surface area contributed by atoms with Crippen LogP contribution in [0.2, 0.25) is 0 Å². The van der Waals surface area contributed by atoms with Crippen molar-refractivity contribution in [2.24, 2.45) is 0 Å². The Hall–Kier alpha value is -5.12. The quantitative estimate of drug-likeness (QED) is 0.217. The lowest BCUT2D eigenvalue weighted by atomic mass is 9.99. The van der Waals surface area contributed by atoms with E-state index in [2.05, 4.69) is 21.3 Å². The zero-order valence-corrected chi connectivity index (χ0v) is 20.3. The first-order valence-electron chi connectivity index (χ1n) is 11.8. The minimum Gasteiger partial charge on any atom is -0.481 e. The monoisotopic (exact) mass is 514 g/mol. The lowest BCUT2D eigenvalue weighted by molar-refractivity contribution is -0.137. The lowest BCUT2D eigenvalue weighted by Crippen LogP contribution is -2.39. The van der Waals surface area contributed by atoms with Gasteiger partial charge in [0.1, 0.15) is 0 Å². The van der Waals surface area contributed by atoms with Crippen LogP contribution in [0.4, 0.5) is 10.7 Å². The minimum atomic E-state index is -1.07. The highest BCUT2D eigenvalue weighted by molar-refractivity contribution is 5.95. The molecule has 0 fully saturated rings. The normalized spacial score (nSPS) is 11.4. The summed E-state index contributed by atoms with van der Waals surface area (Å²) in [6.07, 6.45) is -0.322. The van der Waals surface area contributed by atoms with Crippen molar-refractivity contribution in [3.63, 3.8) is 0 Å². The molecule has 10 nitrogen and oxygen atoms in total. The van der Waals surface area contributed by atoms with Gasteiger partial charge < -0.3 is 25.5 Å². The van der Waals surface area contributed by atoms with Crippen molar-refractivity contribution in [2.45, 2.75) is 19.0 Å². The molecule has 1 atom stereocenters. The van der Waals surface area contributed by atoms with Gasteiger partial charge in [-0.3, -0.25) is 19.7 Å². The average Bonchev–Trinajstić information content (AvgIpc) is 3.38. The summed E-state index contributed by atoms with van der Waals surface area (Å²) in [7, 11) is 0. The third kappa shape index (κ3) is 7.20. The molecule has 0 aliphatic carbocycles. The number of urea groups is 1. The van der Waals surface area contributed by atoms with E-state index in [1.165, 1.54) is 12.1 Å². The largest absolute Gasteiger partial charge is 0.481 e.